The van der Waals surface area contributed by atoms with E-state index >= 15 is 0 Å². The number of rotatable bonds is 2. The molecule has 6 heteroatoms. The standard InChI is InChI=1S/C15H19N5S/c1-9-6-7-11(8-12(9)18(3)4)20-14-13(16-15(20)21)10(2)17-19(14)5/h6-8H,1-5H3,(H,16,21). The minimum Gasteiger partial charge on any atom is -0.377 e. The van der Waals surface area contributed by atoms with Gasteiger partial charge >= 0.3 is 0 Å². The van der Waals surface area contributed by atoms with Crippen LogP contribution in [-0.4, -0.2) is 33.4 Å². The Morgan fingerprint density at radius 2 is 1.95 bits per heavy atom. The van der Waals surface area contributed by atoms with E-state index < -0.39 is 0 Å². The monoisotopic (exact) mass is 301 g/mol. The molecule has 1 aromatic carbocycles. The summed E-state index contributed by atoms with van der Waals surface area (Å²) in [5.74, 6) is 0. The highest BCUT2D eigenvalue weighted by Crippen LogP contribution is 2.26. The Morgan fingerprint density at radius 1 is 1.24 bits per heavy atom. The maximum atomic E-state index is 5.50. The lowest BCUT2D eigenvalue weighted by molar-refractivity contribution is 0.759. The molecule has 0 amide bonds. The van der Waals surface area contributed by atoms with Crippen LogP contribution < -0.4 is 4.90 Å². The molecular weight excluding hydrogens is 282 g/mol. The molecular formula is C15H19N5S. The second kappa shape index (κ2) is 4.73. The summed E-state index contributed by atoms with van der Waals surface area (Å²) in [5, 5.41) is 4.46. The third kappa shape index (κ3) is 2.06. The number of aryl methyl sites for hydroxylation is 3. The number of benzene rings is 1. The first-order valence-corrected chi connectivity index (χ1v) is 7.23. The fraction of sp³-hybridized carbons (Fsp3) is 0.333. The second-order valence-electron chi connectivity index (χ2n) is 5.54. The molecule has 21 heavy (non-hydrogen) atoms. The maximum Gasteiger partial charge on any atom is 0.184 e. The van der Waals surface area contributed by atoms with Gasteiger partial charge in [-0.2, -0.15) is 5.10 Å². The lowest BCUT2D eigenvalue weighted by Crippen LogP contribution is -2.11. The van der Waals surface area contributed by atoms with Gasteiger partial charge in [-0.25, -0.2) is 4.68 Å². The number of aromatic nitrogens is 4. The number of fused-ring (bicyclic) bond motifs is 1. The van der Waals surface area contributed by atoms with E-state index in [2.05, 4.69) is 40.1 Å². The smallest absolute Gasteiger partial charge is 0.184 e. The third-order valence-electron chi connectivity index (χ3n) is 3.77. The molecule has 0 aliphatic carbocycles. The van der Waals surface area contributed by atoms with Crippen LogP contribution in [0.2, 0.25) is 0 Å². The third-order valence-corrected chi connectivity index (χ3v) is 4.06. The van der Waals surface area contributed by atoms with Gasteiger partial charge in [0.2, 0.25) is 0 Å². The number of aromatic amines is 1. The summed E-state index contributed by atoms with van der Waals surface area (Å²) in [7, 11) is 6.04. The summed E-state index contributed by atoms with van der Waals surface area (Å²) in [6, 6.07) is 6.36. The summed E-state index contributed by atoms with van der Waals surface area (Å²) in [6.45, 7) is 4.09. The van der Waals surface area contributed by atoms with Gasteiger partial charge in [0.1, 0.15) is 5.52 Å². The van der Waals surface area contributed by atoms with Crippen molar-refractivity contribution in [3.05, 3.63) is 34.2 Å². The summed E-state index contributed by atoms with van der Waals surface area (Å²) in [4.78, 5) is 5.37. The molecule has 0 aliphatic rings. The van der Waals surface area contributed by atoms with E-state index in [-0.39, 0.29) is 0 Å². The van der Waals surface area contributed by atoms with Crippen LogP contribution >= 0.6 is 12.2 Å². The number of anilines is 1. The van der Waals surface area contributed by atoms with Crippen LogP contribution in [0.4, 0.5) is 5.69 Å². The number of hydrogen-bond donors (Lipinski definition) is 1. The first-order valence-electron chi connectivity index (χ1n) is 6.83. The minimum atomic E-state index is 0.689. The van der Waals surface area contributed by atoms with E-state index in [1.807, 2.05) is 37.3 Å². The molecule has 1 N–H and O–H groups in total. The first-order chi connectivity index (χ1) is 9.90. The van der Waals surface area contributed by atoms with Crippen molar-refractivity contribution in [2.45, 2.75) is 13.8 Å². The van der Waals surface area contributed by atoms with Crippen LogP contribution in [0, 0.1) is 18.6 Å². The molecule has 0 fully saturated rings. The van der Waals surface area contributed by atoms with Crippen LogP contribution in [0.1, 0.15) is 11.3 Å². The summed E-state index contributed by atoms with van der Waals surface area (Å²) in [5.41, 5.74) is 6.41. The Morgan fingerprint density at radius 3 is 2.62 bits per heavy atom. The van der Waals surface area contributed by atoms with Crippen LogP contribution in [-0.2, 0) is 7.05 Å². The molecule has 3 aromatic rings. The van der Waals surface area contributed by atoms with Gasteiger partial charge in [-0.15, -0.1) is 0 Å². The number of hydrogen-bond acceptors (Lipinski definition) is 3. The molecule has 2 aromatic heterocycles. The molecule has 0 bridgehead atoms. The molecule has 0 unspecified atom stereocenters. The molecule has 0 saturated heterocycles. The van der Waals surface area contributed by atoms with Gasteiger partial charge in [0.15, 0.2) is 10.4 Å². The molecule has 3 rings (SSSR count). The van der Waals surface area contributed by atoms with E-state index in [1.54, 1.807) is 0 Å². The van der Waals surface area contributed by atoms with Crippen molar-refractivity contribution in [1.29, 1.82) is 0 Å². The Balaban J connectivity index is 2.33. The molecule has 5 nitrogen and oxygen atoms in total. The van der Waals surface area contributed by atoms with Crippen LogP contribution in [0.15, 0.2) is 18.2 Å². The highest BCUT2D eigenvalue weighted by atomic mass is 32.1. The van der Waals surface area contributed by atoms with E-state index in [0.717, 1.165) is 22.5 Å². The van der Waals surface area contributed by atoms with Gasteiger partial charge in [-0.3, -0.25) is 4.57 Å². The zero-order valence-corrected chi connectivity index (χ0v) is 13.7. The van der Waals surface area contributed by atoms with E-state index in [9.17, 15) is 0 Å². The van der Waals surface area contributed by atoms with Crippen LogP contribution in [0.25, 0.3) is 16.9 Å². The summed E-state index contributed by atoms with van der Waals surface area (Å²) >= 11 is 5.50. The molecule has 110 valence electrons. The van der Waals surface area contributed by atoms with Gasteiger partial charge in [0.05, 0.1) is 11.4 Å². The Kier molecular flexibility index (Phi) is 3.13. The molecule has 0 radical (unpaired) electrons. The van der Waals surface area contributed by atoms with Crippen molar-refractivity contribution in [2.24, 2.45) is 7.05 Å². The normalized spacial score (nSPS) is 11.3. The molecule has 0 atom stereocenters. The van der Waals surface area contributed by atoms with Crippen molar-refractivity contribution in [3.63, 3.8) is 0 Å². The van der Waals surface area contributed by atoms with Crippen molar-refractivity contribution in [3.8, 4) is 5.69 Å². The Bertz CT molecular complexity index is 881. The summed E-state index contributed by atoms with van der Waals surface area (Å²) in [6.07, 6.45) is 0. The van der Waals surface area contributed by atoms with E-state index in [1.165, 1.54) is 11.3 Å². The average Bonchev–Trinajstić information content (AvgIpc) is 2.88. The van der Waals surface area contributed by atoms with Crippen molar-refractivity contribution < 1.29 is 0 Å². The highest BCUT2D eigenvalue weighted by Gasteiger charge is 2.15. The number of H-pyrrole nitrogens is 1. The van der Waals surface area contributed by atoms with Crippen molar-refractivity contribution in [2.75, 3.05) is 19.0 Å². The minimum absolute atomic E-state index is 0.689. The fourth-order valence-electron chi connectivity index (χ4n) is 2.77. The van der Waals surface area contributed by atoms with Gasteiger partial charge < -0.3 is 9.88 Å². The quantitative estimate of drug-likeness (QED) is 0.740. The van der Waals surface area contributed by atoms with Crippen molar-refractivity contribution >= 4 is 29.1 Å². The van der Waals surface area contributed by atoms with Crippen molar-refractivity contribution in [1.82, 2.24) is 19.3 Å². The maximum absolute atomic E-state index is 5.50. The van der Waals surface area contributed by atoms with Gasteiger partial charge in [-0.1, -0.05) is 6.07 Å². The van der Waals surface area contributed by atoms with Crippen LogP contribution in [0.5, 0.6) is 0 Å². The zero-order valence-electron chi connectivity index (χ0n) is 12.9. The summed E-state index contributed by atoms with van der Waals surface area (Å²) < 4.78 is 4.60. The molecule has 0 spiro atoms. The van der Waals surface area contributed by atoms with Gasteiger partial charge in [0.25, 0.3) is 0 Å². The molecule has 2 heterocycles. The second-order valence-corrected chi connectivity index (χ2v) is 5.93. The lowest BCUT2D eigenvalue weighted by Gasteiger charge is -2.17. The topological polar surface area (TPSA) is 41.8 Å². The molecule has 0 aliphatic heterocycles. The average molecular weight is 301 g/mol. The zero-order chi connectivity index (χ0) is 15.3. The molecule has 0 saturated carbocycles. The fourth-order valence-corrected chi connectivity index (χ4v) is 3.06. The number of imidazole rings is 1. The van der Waals surface area contributed by atoms with Gasteiger partial charge in [0, 0.05) is 26.8 Å². The Hall–Kier alpha value is -2.08. The number of nitrogens with zero attached hydrogens (tertiary/aromatic N) is 4. The first kappa shape index (κ1) is 13.9. The SMILES string of the molecule is Cc1ccc(-n2c(=S)[nH]c3c(C)nn(C)c32)cc1N(C)C. The largest absolute Gasteiger partial charge is 0.377 e. The van der Waals surface area contributed by atoms with Crippen LogP contribution in [0.3, 0.4) is 0 Å². The predicted molar refractivity (Wildman–Crippen MR) is 89.0 cm³/mol. The van der Waals surface area contributed by atoms with Gasteiger partial charge in [-0.05, 0) is 43.8 Å². The predicted octanol–water partition coefficient (Wildman–Crippen LogP) is 3.10. The van der Waals surface area contributed by atoms with E-state index in [4.69, 9.17) is 12.2 Å². The Labute approximate surface area is 128 Å². The lowest BCUT2D eigenvalue weighted by atomic mass is 10.1. The van der Waals surface area contributed by atoms with E-state index in [0.29, 0.717) is 4.77 Å². The highest BCUT2D eigenvalue weighted by molar-refractivity contribution is 7.71. The number of nitrogens with one attached hydrogen (secondary N) is 1.